The monoisotopic (exact) mass is 521 g/mol. The quantitative estimate of drug-likeness (QED) is 0.231. The molecule has 2 saturated heterocycles. The largest absolute Gasteiger partial charge is 0.508 e. The van der Waals surface area contributed by atoms with Crippen LogP contribution in [0.3, 0.4) is 0 Å². The Bertz CT molecular complexity index is 1060. The molecule has 4 amide bonds. The number of nitrogens with one attached hydrogen (secondary N) is 3. The van der Waals surface area contributed by atoms with Crippen LogP contribution in [0.25, 0.3) is 0 Å². The molecular formula is C23H31N5O7S. The third-order valence-corrected chi connectivity index (χ3v) is 7.51. The van der Waals surface area contributed by atoms with Gasteiger partial charge in [0.2, 0.25) is 23.6 Å². The first-order chi connectivity index (χ1) is 16.7. The Morgan fingerprint density at radius 1 is 1.11 bits per heavy atom. The normalized spacial score (nSPS) is 23.8. The molecule has 0 aliphatic carbocycles. The van der Waals surface area contributed by atoms with Crippen molar-refractivity contribution in [1.29, 1.82) is 0 Å². The molecule has 0 radical (unpaired) electrons. The molecule has 2 aliphatic rings. The van der Waals surface area contributed by atoms with E-state index < -0.39 is 63.9 Å². The van der Waals surface area contributed by atoms with E-state index in [1.165, 1.54) is 40.9 Å². The summed E-state index contributed by atoms with van der Waals surface area (Å²) in [7, 11) is 0. The minimum atomic E-state index is -1.28. The van der Waals surface area contributed by atoms with Crippen LogP contribution < -0.4 is 21.7 Å². The van der Waals surface area contributed by atoms with Gasteiger partial charge in [-0.2, -0.15) is 0 Å². The highest BCUT2D eigenvalue weighted by Gasteiger charge is 2.64. The highest BCUT2D eigenvalue weighted by Crippen LogP contribution is 2.50. The number of benzene rings is 1. The second-order valence-electron chi connectivity index (χ2n) is 9.65. The fourth-order valence-electron chi connectivity index (χ4n) is 4.27. The summed E-state index contributed by atoms with van der Waals surface area (Å²) in [6.45, 7) is 6.97. The molecule has 1 aromatic rings. The van der Waals surface area contributed by atoms with Crippen molar-refractivity contribution in [3.8, 4) is 5.75 Å². The van der Waals surface area contributed by atoms with E-state index >= 15 is 0 Å². The summed E-state index contributed by atoms with van der Waals surface area (Å²) in [5.41, 5.74) is 6.19. The van der Waals surface area contributed by atoms with Gasteiger partial charge < -0.3 is 36.8 Å². The maximum Gasteiger partial charge on any atom is 0.327 e. The summed E-state index contributed by atoms with van der Waals surface area (Å²) in [6.07, 6.45) is -0.297. The lowest BCUT2D eigenvalue weighted by molar-refractivity contribution is -0.161. The van der Waals surface area contributed by atoms with Gasteiger partial charge in [0.1, 0.15) is 29.2 Å². The number of phenols is 1. The molecule has 12 nitrogen and oxygen atoms in total. The first-order valence-electron chi connectivity index (χ1n) is 11.4. The highest BCUT2D eigenvalue weighted by atomic mass is 32.2. The zero-order valence-corrected chi connectivity index (χ0v) is 21.2. The maximum atomic E-state index is 13.3. The number of carbonyl (C=O) groups is 5. The summed E-state index contributed by atoms with van der Waals surface area (Å²) in [6, 6.07) is 0.861. The minimum absolute atomic E-state index is 0.0552. The third-order valence-electron chi connectivity index (χ3n) is 5.94. The zero-order chi connectivity index (χ0) is 26.9. The molecule has 2 unspecified atom stereocenters. The van der Waals surface area contributed by atoms with E-state index in [-0.39, 0.29) is 18.2 Å². The number of β-lactam (4-membered cyclic amide) rings is 1. The second-order valence-corrected chi connectivity index (χ2v) is 11.4. The SMILES string of the molecule is CC(C)NC(=O)CC(N)C(=O)NC(C(=O)N[C@@H]1C(=O)N2[C@@H]1SC(C)(C)[C@@H]2C(=O)O)c1ccc(O)cc1. The lowest BCUT2D eigenvalue weighted by atomic mass is 9.95. The topological polar surface area (TPSA) is 191 Å². The van der Waals surface area contributed by atoms with Crippen molar-refractivity contribution in [3.05, 3.63) is 29.8 Å². The number of nitrogens with two attached hydrogens (primary N) is 1. The van der Waals surface area contributed by atoms with Crippen LogP contribution in [0.15, 0.2) is 24.3 Å². The predicted molar refractivity (Wildman–Crippen MR) is 131 cm³/mol. The van der Waals surface area contributed by atoms with Crippen LogP contribution in [-0.4, -0.2) is 79.0 Å². The van der Waals surface area contributed by atoms with Gasteiger partial charge >= 0.3 is 5.97 Å². The number of fused-ring (bicyclic) bond motifs is 1. The van der Waals surface area contributed by atoms with E-state index in [2.05, 4.69) is 16.0 Å². The second kappa shape index (κ2) is 10.3. The van der Waals surface area contributed by atoms with Gasteiger partial charge in [0.05, 0.1) is 12.5 Å². The van der Waals surface area contributed by atoms with Crippen molar-refractivity contribution in [1.82, 2.24) is 20.9 Å². The summed E-state index contributed by atoms with van der Waals surface area (Å²) < 4.78 is -0.764. The van der Waals surface area contributed by atoms with E-state index in [4.69, 9.17) is 5.73 Å². The van der Waals surface area contributed by atoms with Gasteiger partial charge in [0, 0.05) is 10.8 Å². The molecule has 36 heavy (non-hydrogen) atoms. The van der Waals surface area contributed by atoms with E-state index in [0.717, 1.165) is 0 Å². The summed E-state index contributed by atoms with van der Waals surface area (Å²) in [5, 5.41) is 26.4. The average molecular weight is 522 g/mol. The molecule has 196 valence electrons. The number of rotatable bonds is 9. The molecule has 2 heterocycles. The molecule has 1 aromatic carbocycles. The number of hydrogen-bond donors (Lipinski definition) is 6. The molecule has 7 N–H and O–H groups in total. The molecule has 2 aliphatic heterocycles. The van der Waals surface area contributed by atoms with Gasteiger partial charge in [-0.3, -0.25) is 19.2 Å². The minimum Gasteiger partial charge on any atom is -0.508 e. The van der Waals surface area contributed by atoms with E-state index in [1.807, 2.05) is 0 Å². The number of amides is 4. The van der Waals surface area contributed by atoms with Crippen LogP contribution in [0.2, 0.25) is 0 Å². The molecule has 5 atom stereocenters. The lowest BCUT2D eigenvalue weighted by Gasteiger charge is -2.44. The Kier molecular flexibility index (Phi) is 7.84. The molecule has 13 heteroatoms. The smallest absolute Gasteiger partial charge is 0.327 e. The molecule has 0 saturated carbocycles. The first kappa shape index (κ1) is 27.3. The van der Waals surface area contributed by atoms with Gasteiger partial charge in [-0.25, -0.2) is 4.79 Å². The number of carboxylic acids is 1. The average Bonchev–Trinajstić information content (AvgIpc) is 3.03. The Morgan fingerprint density at radius 3 is 2.28 bits per heavy atom. The van der Waals surface area contributed by atoms with Crippen molar-refractivity contribution in [3.63, 3.8) is 0 Å². The number of carbonyl (C=O) groups excluding carboxylic acids is 4. The summed E-state index contributed by atoms with van der Waals surface area (Å²) >= 11 is 1.27. The summed E-state index contributed by atoms with van der Waals surface area (Å²) in [4.78, 5) is 63.7. The van der Waals surface area contributed by atoms with Gasteiger partial charge in [-0.05, 0) is 45.4 Å². The van der Waals surface area contributed by atoms with Crippen molar-refractivity contribution >= 4 is 41.4 Å². The molecule has 0 aromatic heterocycles. The molecule has 2 fully saturated rings. The molecule has 3 rings (SSSR count). The number of thioether (sulfide) groups is 1. The van der Waals surface area contributed by atoms with Crippen LogP contribution in [-0.2, 0) is 24.0 Å². The Morgan fingerprint density at radius 2 is 1.72 bits per heavy atom. The lowest BCUT2D eigenvalue weighted by Crippen LogP contribution is -2.71. The van der Waals surface area contributed by atoms with Gasteiger partial charge in [0.25, 0.3) is 0 Å². The predicted octanol–water partition coefficient (Wildman–Crippen LogP) is -0.577. The number of carboxylic acid groups (broad SMARTS) is 1. The van der Waals surface area contributed by atoms with Crippen molar-refractivity contribution in [2.75, 3.05) is 0 Å². The third kappa shape index (κ3) is 5.57. The molecular weight excluding hydrogens is 490 g/mol. The van der Waals surface area contributed by atoms with Crippen LogP contribution in [0.1, 0.15) is 45.7 Å². The number of aliphatic carboxylic acids is 1. The highest BCUT2D eigenvalue weighted by molar-refractivity contribution is 8.01. The van der Waals surface area contributed by atoms with E-state index in [9.17, 15) is 34.2 Å². The van der Waals surface area contributed by atoms with Crippen LogP contribution in [0, 0.1) is 0 Å². The van der Waals surface area contributed by atoms with Crippen LogP contribution in [0.4, 0.5) is 0 Å². The van der Waals surface area contributed by atoms with Crippen molar-refractivity contribution < 1.29 is 34.2 Å². The number of phenolic OH excluding ortho intramolecular Hbond substituents is 1. The Labute approximate surface area is 212 Å². The summed E-state index contributed by atoms with van der Waals surface area (Å²) in [5.74, 6) is -3.61. The van der Waals surface area contributed by atoms with Crippen LogP contribution in [0.5, 0.6) is 5.75 Å². The zero-order valence-electron chi connectivity index (χ0n) is 20.3. The van der Waals surface area contributed by atoms with E-state index in [1.54, 1.807) is 27.7 Å². The number of aromatic hydroxyl groups is 1. The standard InChI is InChI=1S/C23H31N5O7S/c1-10(2)25-14(30)9-13(24)18(31)26-15(11-5-7-12(29)8-6-11)19(32)27-16-20(33)28-17(22(34)35)23(3,4)36-21(16)28/h5-8,10,13,15-17,21,29H,9,24H2,1-4H3,(H,25,30)(H,26,31)(H,27,32)(H,34,35)/t13?,15?,16-,17+,21-/m1/s1. The Hall–Kier alpha value is -3.32. The van der Waals surface area contributed by atoms with Gasteiger partial charge in [-0.1, -0.05) is 12.1 Å². The van der Waals surface area contributed by atoms with Gasteiger partial charge in [0.15, 0.2) is 0 Å². The Balaban J connectivity index is 1.75. The fraction of sp³-hybridized carbons (Fsp3) is 0.522. The van der Waals surface area contributed by atoms with Gasteiger partial charge in [-0.15, -0.1) is 11.8 Å². The van der Waals surface area contributed by atoms with Crippen molar-refractivity contribution in [2.24, 2.45) is 5.73 Å². The first-order valence-corrected chi connectivity index (χ1v) is 12.3. The number of hydrogen-bond acceptors (Lipinski definition) is 8. The molecule has 0 spiro atoms. The molecule has 0 bridgehead atoms. The van der Waals surface area contributed by atoms with Crippen molar-refractivity contribution in [2.45, 2.75) is 74.4 Å². The van der Waals surface area contributed by atoms with Crippen LogP contribution >= 0.6 is 11.8 Å². The fourth-order valence-corrected chi connectivity index (χ4v) is 5.90. The maximum absolute atomic E-state index is 13.3. The van der Waals surface area contributed by atoms with E-state index in [0.29, 0.717) is 5.56 Å². The number of nitrogens with zero attached hydrogens (tertiary/aromatic N) is 1.